The van der Waals surface area contributed by atoms with Crippen LogP contribution in [0.2, 0.25) is 0 Å². The Balaban J connectivity index is 2.96. The first-order valence-electron chi connectivity index (χ1n) is 8.29. The summed E-state index contributed by atoms with van der Waals surface area (Å²) < 4.78 is 5.35. The van der Waals surface area contributed by atoms with Gasteiger partial charge in [0.1, 0.15) is 5.60 Å². The summed E-state index contributed by atoms with van der Waals surface area (Å²) in [5.74, 6) is 0.346. The van der Waals surface area contributed by atoms with Crippen LogP contribution in [0.5, 0.6) is 0 Å². The number of nitrogens with zero attached hydrogens (tertiary/aromatic N) is 3. The minimum absolute atomic E-state index is 0.319. The third-order valence-electron chi connectivity index (χ3n) is 3.38. The third kappa shape index (κ3) is 7.88. The van der Waals surface area contributed by atoms with Gasteiger partial charge in [0.2, 0.25) is 0 Å². The maximum atomic E-state index is 12.2. The molecule has 0 unspecified atom stereocenters. The summed E-state index contributed by atoms with van der Waals surface area (Å²) >= 11 is 0. The molecule has 0 saturated carbocycles. The molecule has 1 aromatic rings. The highest BCUT2D eigenvalue weighted by Gasteiger charge is 2.26. The molecule has 0 aliphatic heterocycles. The number of rotatable bonds is 7. The number of nitrogens with one attached hydrogen (secondary N) is 1. The smallest absolute Gasteiger partial charge is 0.407 e. The van der Waals surface area contributed by atoms with E-state index in [4.69, 9.17) is 10.3 Å². The van der Waals surface area contributed by atoms with Gasteiger partial charge in [-0.05, 0) is 50.6 Å². The van der Waals surface area contributed by atoms with E-state index < -0.39 is 11.7 Å². The molecule has 6 heteroatoms. The lowest BCUT2D eigenvalue weighted by atomic mass is 9.93. The molecular formula is C18H28N4O2. The zero-order chi connectivity index (χ0) is 18.2. The molecule has 132 valence electrons. The molecular weight excluding hydrogens is 304 g/mol. The Morgan fingerprint density at radius 1 is 1.29 bits per heavy atom. The predicted octanol–water partition coefficient (Wildman–Crippen LogP) is 4.85. The van der Waals surface area contributed by atoms with Gasteiger partial charge in [-0.25, -0.2) is 4.79 Å². The fraction of sp³-hybridized carbons (Fsp3) is 0.611. The van der Waals surface area contributed by atoms with Crippen molar-refractivity contribution in [3.05, 3.63) is 46.3 Å². The number of hydrogen-bond donors (Lipinski definition) is 1. The number of amides is 1. The van der Waals surface area contributed by atoms with Gasteiger partial charge in [-0.2, -0.15) is 0 Å². The Bertz CT molecular complexity index is 560. The van der Waals surface area contributed by atoms with E-state index in [1.165, 1.54) is 0 Å². The minimum Gasteiger partial charge on any atom is -0.444 e. The Kier molecular flexibility index (Phi) is 7.59. The van der Waals surface area contributed by atoms with Crippen molar-refractivity contribution >= 4 is 6.09 Å². The molecule has 0 aliphatic carbocycles. The number of carbonyl (C=O) groups excluding carboxylic acids is 1. The van der Waals surface area contributed by atoms with Crippen molar-refractivity contribution in [1.82, 2.24) is 5.32 Å². The van der Waals surface area contributed by atoms with Crippen LogP contribution in [0.4, 0.5) is 4.79 Å². The maximum absolute atomic E-state index is 12.2. The van der Waals surface area contributed by atoms with Gasteiger partial charge in [-0.15, -0.1) is 0 Å². The van der Waals surface area contributed by atoms with Gasteiger partial charge in [-0.1, -0.05) is 49.3 Å². The van der Waals surface area contributed by atoms with E-state index in [1.807, 2.05) is 51.1 Å². The van der Waals surface area contributed by atoms with Crippen molar-refractivity contribution in [1.29, 1.82) is 0 Å². The summed E-state index contributed by atoms with van der Waals surface area (Å²) in [4.78, 5) is 15.2. The summed E-state index contributed by atoms with van der Waals surface area (Å²) in [5, 5.41) is 6.81. The SMILES string of the molecule is CC(C)C[C@@H](N=[N+]=[N-])[C@H](Cc1ccccc1)NC(=O)OC(C)(C)C. The van der Waals surface area contributed by atoms with Crippen LogP contribution in [-0.2, 0) is 11.2 Å². The number of alkyl carbamates (subject to hydrolysis) is 1. The molecule has 0 radical (unpaired) electrons. The molecule has 0 spiro atoms. The molecule has 0 saturated heterocycles. The van der Waals surface area contributed by atoms with Gasteiger partial charge < -0.3 is 10.1 Å². The normalized spacial score (nSPS) is 13.8. The monoisotopic (exact) mass is 332 g/mol. The van der Waals surface area contributed by atoms with E-state index in [0.717, 1.165) is 5.56 Å². The van der Waals surface area contributed by atoms with Gasteiger partial charge in [0.05, 0.1) is 6.04 Å². The lowest BCUT2D eigenvalue weighted by molar-refractivity contribution is 0.0494. The first-order valence-corrected chi connectivity index (χ1v) is 8.29. The molecule has 0 fully saturated rings. The van der Waals surface area contributed by atoms with E-state index in [1.54, 1.807) is 0 Å². The number of carbonyl (C=O) groups is 1. The van der Waals surface area contributed by atoms with Crippen LogP contribution >= 0.6 is 0 Å². The molecule has 0 aromatic heterocycles. The van der Waals surface area contributed by atoms with E-state index in [9.17, 15) is 4.79 Å². The number of ether oxygens (including phenoxy) is 1. The predicted molar refractivity (Wildman–Crippen MR) is 95.7 cm³/mol. The standard InChI is InChI=1S/C18H28N4O2/c1-13(2)11-16(21-22-19)15(12-14-9-7-6-8-10-14)20-17(23)24-18(3,4)5/h6-10,13,15-16H,11-12H2,1-5H3,(H,20,23)/t15-,16+/m0/s1. The second kappa shape index (κ2) is 9.18. The maximum Gasteiger partial charge on any atom is 0.407 e. The Labute approximate surface area is 144 Å². The van der Waals surface area contributed by atoms with Crippen molar-refractivity contribution in [2.75, 3.05) is 0 Å². The van der Waals surface area contributed by atoms with E-state index in [2.05, 4.69) is 29.2 Å². The van der Waals surface area contributed by atoms with Gasteiger partial charge in [0, 0.05) is 11.0 Å². The first-order chi connectivity index (χ1) is 11.2. The largest absolute Gasteiger partial charge is 0.444 e. The number of benzene rings is 1. The summed E-state index contributed by atoms with van der Waals surface area (Å²) in [7, 11) is 0. The highest BCUT2D eigenvalue weighted by Crippen LogP contribution is 2.17. The fourth-order valence-corrected chi connectivity index (χ4v) is 2.45. The lowest BCUT2D eigenvalue weighted by Crippen LogP contribution is -2.46. The molecule has 6 nitrogen and oxygen atoms in total. The van der Waals surface area contributed by atoms with Crippen LogP contribution in [0.1, 0.15) is 46.6 Å². The van der Waals surface area contributed by atoms with Crippen LogP contribution in [0.25, 0.3) is 10.4 Å². The molecule has 1 amide bonds. The van der Waals surface area contributed by atoms with Crippen LogP contribution in [0.3, 0.4) is 0 Å². The average molecular weight is 332 g/mol. The third-order valence-corrected chi connectivity index (χ3v) is 3.38. The van der Waals surface area contributed by atoms with Gasteiger partial charge in [0.25, 0.3) is 0 Å². The van der Waals surface area contributed by atoms with E-state index in [0.29, 0.717) is 18.8 Å². The van der Waals surface area contributed by atoms with E-state index >= 15 is 0 Å². The average Bonchev–Trinajstić information content (AvgIpc) is 2.45. The molecule has 1 rings (SSSR count). The lowest BCUT2D eigenvalue weighted by Gasteiger charge is -2.28. The molecule has 1 N–H and O–H groups in total. The van der Waals surface area contributed by atoms with Crippen molar-refractivity contribution < 1.29 is 9.53 Å². The van der Waals surface area contributed by atoms with Crippen LogP contribution in [0.15, 0.2) is 35.4 Å². The van der Waals surface area contributed by atoms with Crippen LogP contribution < -0.4 is 5.32 Å². The zero-order valence-corrected chi connectivity index (χ0v) is 15.2. The molecule has 0 aliphatic rings. The summed E-state index contributed by atoms with van der Waals surface area (Å²) in [6, 6.07) is 9.18. The Morgan fingerprint density at radius 3 is 2.42 bits per heavy atom. The number of hydrogen-bond acceptors (Lipinski definition) is 3. The number of azide groups is 1. The molecule has 0 heterocycles. The second-order valence-electron chi connectivity index (χ2n) is 7.34. The van der Waals surface area contributed by atoms with Crippen molar-refractivity contribution in [3.8, 4) is 0 Å². The van der Waals surface area contributed by atoms with Crippen molar-refractivity contribution in [2.24, 2.45) is 11.0 Å². The highest BCUT2D eigenvalue weighted by molar-refractivity contribution is 5.68. The summed E-state index contributed by atoms with van der Waals surface area (Å²) in [5.41, 5.74) is 9.39. The van der Waals surface area contributed by atoms with Crippen molar-refractivity contribution in [2.45, 2.75) is 65.1 Å². The summed E-state index contributed by atoms with van der Waals surface area (Å²) in [6.45, 7) is 9.58. The Morgan fingerprint density at radius 2 is 1.92 bits per heavy atom. The minimum atomic E-state index is -0.576. The molecule has 1 aromatic carbocycles. The fourth-order valence-electron chi connectivity index (χ4n) is 2.45. The summed E-state index contributed by atoms with van der Waals surface area (Å²) in [6.07, 6.45) is 0.777. The second-order valence-corrected chi connectivity index (χ2v) is 7.34. The first kappa shape index (κ1) is 19.8. The Hall–Kier alpha value is -2.20. The topological polar surface area (TPSA) is 87.1 Å². The van der Waals surface area contributed by atoms with Gasteiger partial charge >= 0.3 is 6.09 Å². The quantitative estimate of drug-likeness (QED) is 0.439. The van der Waals surface area contributed by atoms with Gasteiger partial charge in [-0.3, -0.25) is 0 Å². The van der Waals surface area contributed by atoms with Crippen LogP contribution in [-0.4, -0.2) is 23.8 Å². The van der Waals surface area contributed by atoms with Gasteiger partial charge in [0.15, 0.2) is 0 Å². The van der Waals surface area contributed by atoms with Crippen LogP contribution in [0, 0.1) is 5.92 Å². The van der Waals surface area contributed by atoms with Crippen molar-refractivity contribution in [3.63, 3.8) is 0 Å². The highest BCUT2D eigenvalue weighted by atomic mass is 16.6. The zero-order valence-electron chi connectivity index (χ0n) is 15.2. The molecule has 24 heavy (non-hydrogen) atoms. The molecule has 0 bridgehead atoms. The van der Waals surface area contributed by atoms with E-state index in [-0.39, 0.29) is 12.1 Å². The molecule has 2 atom stereocenters.